The highest BCUT2D eigenvalue weighted by molar-refractivity contribution is 7.22. The van der Waals surface area contributed by atoms with Crippen molar-refractivity contribution >= 4 is 61.3 Å². The predicted molar refractivity (Wildman–Crippen MR) is 86.0 cm³/mol. The number of nitro benzene ring substituents is 1. The summed E-state index contributed by atoms with van der Waals surface area (Å²) in [5.41, 5.74) is 1.12. The SMILES string of the molecule is O=[N+]([O-])c1cccc2nc(Nc3c(Cl)cccc3Cl)sc12. The Bertz CT molecular complexity index is 830. The molecule has 0 aliphatic rings. The molecule has 0 spiro atoms. The van der Waals surface area contributed by atoms with Gasteiger partial charge in [0.25, 0.3) is 5.69 Å². The summed E-state index contributed by atoms with van der Waals surface area (Å²) < 4.78 is 0.508. The van der Waals surface area contributed by atoms with Gasteiger partial charge in [0.1, 0.15) is 4.70 Å². The number of benzene rings is 2. The first-order chi connectivity index (χ1) is 10.1. The Labute approximate surface area is 133 Å². The average molecular weight is 340 g/mol. The van der Waals surface area contributed by atoms with E-state index in [0.29, 0.717) is 31.1 Å². The average Bonchev–Trinajstić information content (AvgIpc) is 2.85. The molecule has 2 aromatic carbocycles. The maximum Gasteiger partial charge on any atom is 0.288 e. The van der Waals surface area contributed by atoms with Gasteiger partial charge in [-0.25, -0.2) is 4.98 Å². The van der Waals surface area contributed by atoms with Crippen molar-refractivity contribution < 1.29 is 4.92 Å². The highest BCUT2D eigenvalue weighted by Gasteiger charge is 2.16. The summed E-state index contributed by atoms with van der Waals surface area (Å²) in [4.78, 5) is 14.9. The number of non-ortho nitro benzene ring substituents is 1. The lowest BCUT2D eigenvalue weighted by Gasteiger charge is -2.06. The zero-order valence-corrected chi connectivity index (χ0v) is 12.7. The molecule has 1 heterocycles. The summed E-state index contributed by atoms with van der Waals surface area (Å²) in [5, 5.41) is 15.4. The number of aromatic nitrogens is 1. The molecule has 0 unspecified atom stereocenters. The molecule has 1 N–H and O–H groups in total. The number of thiazole rings is 1. The van der Waals surface area contributed by atoms with Crippen LogP contribution in [0.25, 0.3) is 10.2 Å². The van der Waals surface area contributed by atoms with Gasteiger partial charge in [0.2, 0.25) is 0 Å². The van der Waals surface area contributed by atoms with E-state index in [-0.39, 0.29) is 5.69 Å². The largest absolute Gasteiger partial charge is 0.329 e. The van der Waals surface area contributed by atoms with E-state index in [1.165, 1.54) is 17.4 Å². The van der Waals surface area contributed by atoms with E-state index < -0.39 is 4.92 Å². The molecule has 106 valence electrons. The Morgan fingerprint density at radius 2 is 1.81 bits per heavy atom. The van der Waals surface area contributed by atoms with Gasteiger partial charge in [-0.2, -0.15) is 0 Å². The highest BCUT2D eigenvalue weighted by atomic mass is 35.5. The molecule has 0 saturated heterocycles. The monoisotopic (exact) mass is 339 g/mol. The Balaban J connectivity index is 2.06. The molecular weight excluding hydrogens is 333 g/mol. The predicted octanol–water partition coefficient (Wildman–Crippen LogP) is 5.25. The molecule has 0 saturated carbocycles. The van der Waals surface area contributed by atoms with Gasteiger partial charge in [-0.05, 0) is 18.2 Å². The second kappa shape index (κ2) is 5.48. The molecule has 0 fully saturated rings. The van der Waals surface area contributed by atoms with Gasteiger partial charge in [-0.3, -0.25) is 10.1 Å². The molecule has 0 aliphatic carbocycles. The van der Waals surface area contributed by atoms with E-state index in [2.05, 4.69) is 10.3 Å². The zero-order valence-electron chi connectivity index (χ0n) is 10.3. The Hall–Kier alpha value is -1.89. The van der Waals surface area contributed by atoms with Crippen LogP contribution in [-0.4, -0.2) is 9.91 Å². The number of fused-ring (bicyclic) bond motifs is 1. The first kappa shape index (κ1) is 14.1. The van der Waals surface area contributed by atoms with Crippen molar-refractivity contribution in [1.29, 1.82) is 0 Å². The van der Waals surface area contributed by atoms with Gasteiger partial charge in [0.05, 0.1) is 26.2 Å². The quantitative estimate of drug-likeness (QED) is 0.522. The summed E-state index contributed by atoms with van der Waals surface area (Å²) in [7, 11) is 0. The van der Waals surface area contributed by atoms with Crippen molar-refractivity contribution in [3.8, 4) is 0 Å². The summed E-state index contributed by atoms with van der Waals surface area (Å²) in [5.74, 6) is 0. The molecule has 0 atom stereocenters. The van der Waals surface area contributed by atoms with Crippen LogP contribution < -0.4 is 5.32 Å². The van der Waals surface area contributed by atoms with Gasteiger partial charge in [0.15, 0.2) is 5.13 Å². The summed E-state index contributed by atoms with van der Waals surface area (Å²) >= 11 is 13.3. The summed E-state index contributed by atoms with van der Waals surface area (Å²) in [6.45, 7) is 0. The number of hydrogen-bond acceptors (Lipinski definition) is 5. The third-order valence-electron chi connectivity index (χ3n) is 2.79. The van der Waals surface area contributed by atoms with Crippen molar-refractivity contribution in [2.45, 2.75) is 0 Å². The van der Waals surface area contributed by atoms with E-state index in [0.717, 1.165) is 0 Å². The van der Waals surface area contributed by atoms with Gasteiger partial charge >= 0.3 is 0 Å². The van der Waals surface area contributed by atoms with Gasteiger partial charge in [-0.1, -0.05) is 46.7 Å². The molecule has 8 heteroatoms. The molecule has 3 aromatic rings. The van der Waals surface area contributed by atoms with Crippen LogP contribution in [-0.2, 0) is 0 Å². The Morgan fingerprint density at radius 3 is 2.48 bits per heavy atom. The van der Waals surface area contributed by atoms with Crippen molar-refractivity contribution in [3.63, 3.8) is 0 Å². The van der Waals surface area contributed by atoms with E-state index in [9.17, 15) is 10.1 Å². The van der Waals surface area contributed by atoms with Crippen LogP contribution >= 0.6 is 34.5 Å². The molecule has 0 bridgehead atoms. The van der Waals surface area contributed by atoms with Crippen molar-refractivity contribution in [2.24, 2.45) is 0 Å². The minimum atomic E-state index is -0.424. The van der Waals surface area contributed by atoms with Crippen LogP contribution in [0, 0.1) is 10.1 Å². The van der Waals surface area contributed by atoms with Gasteiger partial charge in [0, 0.05) is 6.07 Å². The van der Waals surface area contributed by atoms with E-state index in [4.69, 9.17) is 23.2 Å². The maximum absolute atomic E-state index is 11.0. The first-order valence-electron chi connectivity index (χ1n) is 5.81. The normalized spacial score (nSPS) is 10.8. The van der Waals surface area contributed by atoms with Crippen LogP contribution in [0.3, 0.4) is 0 Å². The van der Waals surface area contributed by atoms with Crippen LogP contribution in [0.2, 0.25) is 10.0 Å². The fourth-order valence-electron chi connectivity index (χ4n) is 1.86. The molecule has 1 aromatic heterocycles. The summed E-state index contributed by atoms with van der Waals surface area (Å²) in [6, 6.07) is 9.91. The minimum Gasteiger partial charge on any atom is -0.329 e. The van der Waals surface area contributed by atoms with E-state index in [1.54, 1.807) is 30.3 Å². The molecule has 3 rings (SSSR count). The third kappa shape index (κ3) is 2.65. The molecule has 0 amide bonds. The highest BCUT2D eigenvalue weighted by Crippen LogP contribution is 2.37. The number of rotatable bonds is 3. The lowest BCUT2D eigenvalue weighted by molar-refractivity contribution is -0.382. The van der Waals surface area contributed by atoms with Crippen LogP contribution in [0.5, 0.6) is 0 Å². The topological polar surface area (TPSA) is 68.1 Å². The third-order valence-corrected chi connectivity index (χ3v) is 4.42. The van der Waals surface area contributed by atoms with Crippen LogP contribution in [0.15, 0.2) is 36.4 Å². The fraction of sp³-hybridized carbons (Fsp3) is 0. The first-order valence-corrected chi connectivity index (χ1v) is 7.38. The smallest absolute Gasteiger partial charge is 0.288 e. The zero-order chi connectivity index (χ0) is 15.0. The van der Waals surface area contributed by atoms with Crippen molar-refractivity contribution in [1.82, 2.24) is 4.98 Å². The second-order valence-corrected chi connectivity index (χ2v) is 5.94. The van der Waals surface area contributed by atoms with Crippen molar-refractivity contribution in [2.75, 3.05) is 5.32 Å². The number of anilines is 2. The number of nitro groups is 1. The lowest BCUT2D eigenvalue weighted by atomic mass is 10.3. The standard InChI is InChI=1S/C13H7Cl2N3O2S/c14-7-3-1-4-8(15)11(7)17-13-16-9-5-2-6-10(18(19)20)12(9)21-13/h1-6H,(H,16,17). The molecule has 0 aliphatic heterocycles. The number of nitrogens with zero attached hydrogens (tertiary/aromatic N) is 2. The number of hydrogen-bond donors (Lipinski definition) is 1. The molecular formula is C13H7Cl2N3O2S. The molecule has 21 heavy (non-hydrogen) atoms. The van der Waals surface area contributed by atoms with Crippen LogP contribution in [0.1, 0.15) is 0 Å². The van der Waals surface area contributed by atoms with E-state index >= 15 is 0 Å². The molecule has 0 radical (unpaired) electrons. The minimum absolute atomic E-state index is 0.0308. The van der Waals surface area contributed by atoms with Gasteiger partial charge in [-0.15, -0.1) is 0 Å². The summed E-state index contributed by atoms with van der Waals surface area (Å²) in [6.07, 6.45) is 0. The number of nitrogens with one attached hydrogen (secondary N) is 1. The maximum atomic E-state index is 11.0. The van der Waals surface area contributed by atoms with Gasteiger partial charge < -0.3 is 5.32 Å². The van der Waals surface area contributed by atoms with E-state index in [1.807, 2.05) is 0 Å². The van der Waals surface area contributed by atoms with Crippen molar-refractivity contribution in [3.05, 3.63) is 56.6 Å². The lowest BCUT2D eigenvalue weighted by Crippen LogP contribution is -1.91. The Morgan fingerprint density at radius 1 is 1.14 bits per heavy atom. The number of para-hydroxylation sites is 1. The molecule has 5 nitrogen and oxygen atoms in total. The second-order valence-electron chi connectivity index (χ2n) is 4.12. The number of halogens is 2. The fourth-order valence-corrected chi connectivity index (χ4v) is 3.30. The van der Waals surface area contributed by atoms with Crippen LogP contribution in [0.4, 0.5) is 16.5 Å². The Kier molecular flexibility index (Phi) is 3.67.